The van der Waals surface area contributed by atoms with Gasteiger partial charge in [0.15, 0.2) is 0 Å². The standard InChI is InChI=1S/C19H36N/c1-3-4-5-6-7-8-9-10-11-12-13-14-15-16-17-19(2)18-20/h19H,2-17H2,1H3. The van der Waals surface area contributed by atoms with Gasteiger partial charge in [-0.3, -0.25) is 0 Å². The molecule has 0 N–H and O–H groups in total. The van der Waals surface area contributed by atoms with E-state index in [0.29, 0.717) is 0 Å². The third-order valence-corrected chi connectivity index (χ3v) is 4.09. The molecule has 0 aliphatic heterocycles. The molecule has 0 rings (SSSR count). The zero-order valence-corrected chi connectivity index (χ0v) is 13.8. The average Bonchev–Trinajstić information content (AvgIpc) is 2.47. The van der Waals surface area contributed by atoms with Gasteiger partial charge in [0, 0.05) is 5.92 Å². The fourth-order valence-electron chi connectivity index (χ4n) is 2.65. The number of hydrogen-bond donors (Lipinski definition) is 0. The summed E-state index contributed by atoms with van der Waals surface area (Å²) in [6.07, 6.45) is 20.4. The SMILES string of the molecule is [CH2]C(C#N)CCCCCCCCCCCCCCCC. The molecular weight excluding hydrogens is 242 g/mol. The van der Waals surface area contributed by atoms with Gasteiger partial charge in [0.1, 0.15) is 0 Å². The van der Waals surface area contributed by atoms with Crippen molar-refractivity contribution in [2.24, 2.45) is 5.92 Å². The Balaban J connectivity index is 2.98. The Labute approximate surface area is 128 Å². The van der Waals surface area contributed by atoms with E-state index < -0.39 is 0 Å². The van der Waals surface area contributed by atoms with Crippen LogP contribution in [0.1, 0.15) is 103 Å². The monoisotopic (exact) mass is 278 g/mol. The minimum absolute atomic E-state index is 0.00678. The third kappa shape index (κ3) is 15.5. The maximum Gasteiger partial charge on any atom is 0.0655 e. The first-order valence-corrected chi connectivity index (χ1v) is 9.04. The van der Waals surface area contributed by atoms with E-state index in [1.54, 1.807) is 0 Å². The second-order valence-corrected chi connectivity index (χ2v) is 6.21. The summed E-state index contributed by atoms with van der Waals surface area (Å²) in [5, 5.41) is 8.63. The molecule has 117 valence electrons. The Kier molecular flexibility index (Phi) is 16.1. The van der Waals surface area contributed by atoms with Crippen LogP contribution in [0.3, 0.4) is 0 Å². The molecule has 0 spiro atoms. The van der Waals surface area contributed by atoms with Gasteiger partial charge in [0.25, 0.3) is 0 Å². The average molecular weight is 279 g/mol. The van der Waals surface area contributed by atoms with Gasteiger partial charge in [-0.15, -0.1) is 0 Å². The van der Waals surface area contributed by atoms with Gasteiger partial charge in [0.05, 0.1) is 6.07 Å². The van der Waals surface area contributed by atoms with E-state index in [-0.39, 0.29) is 5.92 Å². The fraction of sp³-hybridized carbons (Fsp3) is 0.895. The predicted molar refractivity (Wildman–Crippen MR) is 89.4 cm³/mol. The van der Waals surface area contributed by atoms with Crippen LogP contribution < -0.4 is 0 Å². The smallest absolute Gasteiger partial charge is 0.0655 e. The van der Waals surface area contributed by atoms with Crippen LogP contribution in [-0.4, -0.2) is 0 Å². The molecule has 0 aromatic carbocycles. The van der Waals surface area contributed by atoms with Crippen molar-refractivity contribution in [2.45, 2.75) is 103 Å². The van der Waals surface area contributed by atoms with Gasteiger partial charge in [-0.2, -0.15) is 5.26 Å². The van der Waals surface area contributed by atoms with Gasteiger partial charge in [-0.1, -0.05) is 96.8 Å². The van der Waals surface area contributed by atoms with Crippen LogP contribution in [0.4, 0.5) is 0 Å². The molecule has 1 nitrogen and oxygen atoms in total. The molecule has 0 aliphatic rings. The van der Waals surface area contributed by atoms with Crippen molar-refractivity contribution in [1.82, 2.24) is 0 Å². The summed E-state index contributed by atoms with van der Waals surface area (Å²) in [6, 6.07) is 2.20. The van der Waals surface area contributed by atoms with Crippen LogP contribution >= 0.6 is 0 Å². The quantitative estimate of drug-likeness (QED) is 0.301. The van der Waals surface area contributed by atoms with Crippen molar-refractivity contribution >= 4 is 0 Å². The maximum absolute atomic E-state index is 8.63. The predicted octanol–water partition coefficient (Wildman–Crippen LogP) is 6.83. The van der Waals surface area contributed by atoms with Crippen LogP contribution in [-0.2, 0) is 0 Å². The molecule has 0 amide bonds. The Hall–Kier alpha value is -0.510. The Bertz CT molecular complexity index is 216. The summed E-state index contributed by atoms with van der Waals surface area (Å²) >= 11 is 0. The lowest BCUT2D eigenvalue weighted by Gasteiger charge is -2.04. The molecule has 1 atom stereocenters. The van der Waals surface area contributed by atoms with E-state index >= 15 is 0 Å². The van der Waals surface area contributed by atoms with Crippen molar-refractivity contribution in [2.75, 3.05) is 0 Å². The second-order valence-electron chi connectivity index (χ2n) is 6.21. The highest BCUT2D eigenvalue weighted by Gasteiger charge is 1.98. The zero-order chi connectivity index (χ0) is 14.9. The third-order valence-electron chi connectivity index (χ3n) is 4.09. The summed E-state index contributed by atoms with van der Waals surface area (Å²) in [5.41, 5.74) is 0. The second kappa shape index (κ2) is 16.5. The molecule has 0 bridgehead atoms. The van der Waals surface area contributed by atoms with Crippen molar-refractivity contribution in [3.05, 3.63) is 6.92 Å². The molecule has 0 aromatic heterocycles. The largest absolute Gasteiger partial charge is 0.198 e. The number of nitriles is 1. The van der Waals surface area contributed by atoms with Gasteiger partial charge in [-0.25, -0.2) is 0 Å². The molecule has 0 fully saturated rings. The first-order valence-electron chi connectivity index (χ1n) is 9.04. The molecule has 0 saturated carbocycles. The van der Waals surface area contributed by atoms with Crippen LogP contribution in [0.15, 0.2) is 0 Å². The number of hydrogen-bond acceptors (Lipinski definition) is 1. The summed E-state index contributed by atoms with van der Waals surface area (Å²) in [6.45, 7) is 6.07. The van der Waals surface area contributed by atoms with E-state index in [1.807, 2.05) is 0 Å². The zero-order valence-electron chi connectivity index (χ0n) is 13.8. The van der Waals surface area contributed by atoms with Crippen LogP contribution in [0.5, 0.6) is 0 Å². The Morgan fingerprint density at radius 2 is 1.05 bits per heavy atom. The van der Waals surface area contributed by atoms with Gasteiger partial charge in [0.2, 0.25) is 0 Å². The summed E-state index contributed by atoms with van der Waals surface area (Å²) in [5.74, 6) is 0.00678. The fourth-order valence-corrected chi connectivity index (χ4v) is 2.65. The normalized spacial score (nSPS) is 12.2. The van der Waals surface area contributed by atoms with E-state index in [4.69, 9.17) is 5.26 Å². The molecule has 1 unspecified atom stereocenters. The lowest BCUT2D eigenvalue weighted by Crippen LogP contribution is -1.90. The molecule has 1 heteroatoms. The lowest BCUT2D eigenvalue weighted by atomic mass is 10.0. The molecule has 0 heterocycles. The van der Waals surface area contributed by atoms with E-state index in [1.165, 1.54) is 89.9 Å². The van der Waals surface area contributed by atoms with Gasteiger partial charge >= 0.3 is 0 Å². The Morgan fingerprint density at radius 1 is 0.700 bits per heavy atom. The van der Waals surface area contributed by atoms with E-state index in [2.05, 4.69) is 19.9 Å². The number of unbranched alkanes of at least 4 members (excludes halogenated alkanes) is 13. The van der Waals surface area contributed by atoms with Crippen molar-refractivity contribution in [3.8, 4) is 6.07 Å². The number of nitrogens with zero attached hydrogens (tertiary/aromatic N) is 1. The summed E-state index contributed by atoms with van der Waals surface area (Å²) < 4.78 is 0. The van der Waals surface area contributed by atoms with Crippen LogP contribution in [0, 0.1) is 24.2 Å². The van der Waals surface area contributed by atoms with Crippen molar-refractivity contribution in [1.29, 1.82) is 5.26 Å². The van der Waals surface area contributed by atoms with Gasteiger partial charge < -0.3 is 0 Å². The molecule has 0 aliphatic carbocycles. The summed E-state index contributed by atoms with van der Waals surface area (Å²) in [7, 11) is 0. The molecule has 0 saturated heterocycles. The van der Waals surface area contributed by atoms with E-state index in [0.717, 1.165) is 6.42 Å². The van der Waals surface area contributed by atoms with Crippen LogP contribution in [0.25, 0.3) is 0 Å². The first kappa shape index (κ1) is 19.5. The number of rotatable bonds is 15. The van der Waals surface area contributed by atoms with Crippen molar-refractivity contribution in [3.63, 3.8) is 0 Å². The lowest BCUT2D eigenvalue weighted by molar-refractivity contribution is 0.527. The highest BCUT2D eigenvalue weighted by Crippen LogP contribution is 2.14. The molecule has 0 aromatic rings. The molecule has 1 radical (unpaired) electrons. The van der Waals surface area contributed by atoms with Gasteiger partial charge in [-0.05, 0) is 13.3 Å². The van der Waals surface area contributed by atoms with Crippen molar-refractivity contribution < 1.29 is 0 Å². The van der Waals surface area contributed by atoms with Crippen LogP contribution in [0.2, 0.25) is 0 Å². The minimum atomic E-state index is 0.00678. The van der Waals surface area contributed by atoms with E-state index in [9.17, 15) is 0 Å². The Morgan fingerprint density at radius 3 is 1.40 bits per heavy atom. The maximum atomic E-state index is 8.63. The topological polar surface area (TPSA) is 23.8 Å². The highest BCUT2D eigenvalue weighted by molar-refractivity contribution is 4.83. The molecular formula is C19H36N. The highest BCUT2D eigenvalue weighted by atomic mass is 14.3. The molecule has 20 heavy (non-hydrogen) atoms. The minimum Gasteiger partial charge on any atom is -0.198 e. The summed E-state index contributed by atoms with van der Waals surface area (Å²) in [4.78, 5) is 0. The first-order chi connectivity index (χ1) is 9.81.